The molecule has 0 radical (unpaired) electrons. The van der Waals surface area contributed by atoms with E-state index < -0.39 is 21.9 Å². The maximum absolute atomic E-state index is 13.2. The van der Waals surface area contributed by atoms with Crippen LogP contribution in [-0.4, -0.2) is 57.9 Å². The lowest BCUT2D eigenvalue weighted by molar-refractivity contribution is -0.128. The van der Waals surface area contributed by atoms with Gasteiger partial charge in [0.1, 0.15) is 11.6 Å². The Kier molecular flexibility index (Phi) is 4.92. The summed E-state index contributed by atoms with van der Waals surface area (Å²) in [5, 5.41) is 8.57. The van der Waals surface area contributed by atoms with Crippen LogP contribution in [0.25, 0.3) is 0 Å². The van der Waals surface area contributed by atoms with E-state index in [0.29, 0.717) is 51.3 Å². The van der Waals surface area contributed by atoms with Gasteiger partial charge < -0.3 is 9.47 Å². The van der Waals surface area contributed by atoms with Crippen LogP contribution in [0.15, 0.2) is 29.2 Å². The first-order chi connectivity index (χ1) is 13.4. The standard InChI is InChI=1S/C18H22FN5O3S/c1-13(25)22-10-8-17-20-21-18(23(17)12-11-22)16-3-2-9-24(16)28(26,27)15-6-4-14(19)5-7-15/h4-7,16H,2-3,8-12H2,1H3/t16-/m1/s1. The van der Waals surface area contributed by atoms with Gasteiger partial charge in [0.25, 0.3) is 0 Å². The normalized spacial score (nSPS) is 20.8. The lowest BCUT2D eigenvalue weighted by Crippen LogP contribution is -2.33. The highest BCUT2D eigenvalue weighted by Gasteiger charge is 2.39. The summed E-state index contributed by atoms with van der Waals surface area (Å²) >= 11 is 0. The average Bonchev–Trinajstić information content (AvgIpc) is 3.24. The minimum absolute atomic E-state index is 0.0154. The molecule has 1 aromatic heterocycles. The Hall–Kier alpha value is -2.33. The van der Waals surface area contributed by atoms with E-state index in [1.54, 1.807) is 11.8 Å². The molecule has 2 aliphatic rings. The number of sulfonamides is 1. The van der Waals surface area contributed by atoms with Crippen LogP contribution < -0.4 is 0 Å². The Morgan fingerprint density at radius 1 is 1.11 bits per heavy atom. The predicted molar refractivity (Wildman–Crippen MR) is 98.2 cm³/mol. The van der Waals surface area contributed by atoms with Crippen molar-refractivity contribution < 1.29 is 17.6 Å². The Bertz CT molecular complexity index is 989. The second-order valence-corrected chi connectivity index (χ2v) is 9.00. The van der Waals surface area contributed by atoms with E-state index in [1.807, 2.05) is 4.57 Å². The summed E-state index contributed by atoms with van der Waals surface area (Å²) < 4.78 is 42.8. The van der Waals surface area contributed by atoms with Crippen LogP contribution in [0.1, 0.15) is 37.5 Å². The maximum Gasteiger partial charge on any atom is 0.243 e. The highest BCUT2D eigenvalue weighted by atomic mass is 32.2. The number of benzene rings is 1. The first-order valence-corrected chi connectivity index (χ1v) is 10.8. The lowest BCUT2D eigenvalue weighted by Gasteiger charge is -2.24. The summed E-state index contributed by atoms with van der Waals surface area (Å²) in [6.07, 6.45) is 1.95. The van der Waals surface area contributed by atoms with Gasteiger partial charge in [0.15, 0.2) is 5.82 Å². The fraction of sp³-hybridized carbons (Fsp3) is 0.500. The van der Waals surface area contributed by atoms with Crippen LogP contribution in [0.5, 0.6) is 0 Å². The van der Waals surface area contributed by atoms with Gasteiger partial charge in [0.2, 0.25) is 15.9 Å². The molecule has 28 heavy (non-hydrogen) atoms. The van der Waals surface area contributed by atoms with Crippen LogP contribution in [-0.2, 0) is 27.8 Å². The third-order valence-electron chi connectivity index (χ3n) is 5.42. The SMILES string of the molecule is CC(=O)N1CCc2nnc([C@H]3CCCN3S(=O)(=O)c3ccc(F)cc3)n2CC1. The van der Waals surface area contributed by atoms with Gasteiger partial charge in [-0.15, -0.1) is 10.2 Å². The molecule has 4 rings (SSSR count). The predicted octanol–water partition coefficient (Wildman–Crippen LogP) is 1.35. The van der Waals surface area contributed by atoms with Crippen molar-refractivity contribution in [2.75, 3.05) is 19.6 Å². The van der Waals surface area contributed by atoms with Gasteiger partial charge in [-0.3, -0.25) is 4.79 Å². The molecule has 3 heterocycles. The maximum atomic E-state index is 13.2. The molecule has 0 bridgehead atoms. The van der Waals surface area contributed by atoms with Crippen molar-refractivity contribution in [2.24, 2.45) is 0 Å². The second-order valence-electron chi connectivity index (χ2n) is 7.11. The van der Waals surface area contributed by atoms with Gasteiger partial charge >= 0.3 is 0 Å². The first kappa shape index (κ1) is 19.0. The van der Waals surface area contributed by atoms with Gasteiger partial charge in [0.05, 0.1) is 10.9 Å². The van der Waals surface area contributed by atoms with Gasteiger partial charge in [-0.2, -0.15) is 4.31 Å². The molecule has 1 fully saturated rings. The number of halogens is 1. The third-order valence-corrected chi connectivity index (χ3v) is 7.34. The van der Waals surface area contributed by atoms with Crippen molar-refractivity contribution in [1.29, 1.82) is 0 Å². The van der Waals surface area contributed by atoms with Crippen molar-refractivity contribution in [3.63, 3.8) is 0 Å². The molecule has 1 atom stereocenters. The minimum atomic E-state index is -3.77. The number of hydrogen-bond donors (Lipinski definition) is 0. The van der Waals surface area contributed by atoms with E-state index in [4.69, 9.17) is 0 Å². The van der Waals surface area contributed by atoms with Gasteiger partial charge in [-0.05, 0) is 37.1 Å². The number of rotatable bonds is 3. The lowest BCUT2D eigenvalue weighted by atomic mass is 10.2. The van der Waals surface area contributed by atoms with E-state index in [2.05, 4.69) is 10.2 Å². The van der Waals surface area contributed by atoms with Crippen molar-refractivity contribution in [3.8, 4) is 0 Å². The van der Waals surface area contributed by atoms with E-state index in [9.17, 15) is 17.6 Å². The fourth-order valence-corrected chi connectivity index (χ4v) is 5.59. The topological polar surface area (TPSA) is 88.4 Å². The van der Waals surface area contributed by atoms with Crippen molar-refractivity contribution in [3.05, 3.63) is 41.7 Å². The Balaban J connectivity index is 1.64. The smallest absolute Gasteiger partial charge is 0.243 e. The monoisotopic (exact) mass is 407 g/mol. The number of carbonyl (C=O) groups excluding carboxylic acids is 1. The summed E-state index contributed by atoms with van der Waals surface area (Å²) in [7, 11) is -3.77. The van der Waals surface area contributed by atoms with Crippen LogP contribution >= 0.6 is 0 Å². The first-order valence-electron chi connectivity index (χ1n) is 9.33. The van der Waals surface area contributed by atoms with Gasteiger partial charge in [0, 0.05) is 39.5 Å². The molecular formula is C18H22FN5O3S. The molecule has 0 spiro atoms. The van der Waals surface area contributed by atoms with Crippen LogP contribution in [0.4, 0.5) is 4.39 Å². The number of amides is 1. The van der Waals surface area contributed by atoms with Crippen LogP contribution in [0, 0.1) is 5.82 Å². The van der Waals surface area contributed by atoms with Crippen LogP contribution in [0.2, 0.25) is 0 Å². The molecule has 2 aliphatic heterocycles. The number of fused-ring (bicyclic) bond motifs is 1. The average molecular weight is 407 g/mol. The third kappa shape index (κ3) is 3.30. The van der Waals surface area contributed by atoms with E-state index in [0.717, 1.165) is 18.0 Å². The number of nitrogens with zero attached hydrogens (tertiary/aromatic N) is 5. The number of aromatic nitrogens is 3. The molecule has 150 valence electrons. The summed E-state index contributed by atoms with van der Waals surface area (Å²) in [5.74, 6) is 0.921. The second kappa shape index (κ2) is 7.25. The van der Waals surface area contributed by atoms with Crippen molar-refractivity contribution >= 4 is 15.9 Å². The van der Waals surface area contributed by atoms with E-state index in [-0.39, 0.29) is 10.8 Å². The molecule has 2 aromatic rings. The number of hydrogen-bond acceptors (Lipinski definition) is 5. The number of carbonyl (C=O) groups is 1. The summed E-state index contributed by atoms with van der Waals surface area (Å²) in [6, 6.07) is 4.46. The zero-order chi connectivity index (χ0) is 19.9. The molecule has 1 amide bonds. The zero-order valence-electron chi connectivity index (χ0n) is 15.6. The quantitative estimate of drug-likeness (QED) is 0.766. The van der Waals surface area contributed by atoms with Crippen LogP contribution in [0.3, 0.4) is 0 Å². The summed E-state index contributed by atoms with van der Waals surface area (Å²) in [6.45, 7) is 3.59. The molecule has 0 aliphatic carbocycles. The highest BCUT2D eigenvalue weighted by molar-refractivity contribution is 7.89. The summed E-state index contributed by atoms with van der Waals surface area (Å²) in [5.41, 5.74) is 0. The molecule has 8 nitrogen and oxygen atoms in total. The highest BCUT2D eigenvalue weighted by Crippen LogP contribution is 2.36. The molecular weight excluding hydrogens is 385 g/mol. The molecule has 0 saturated carbocycles. The Labute approximate surface area is 163 Å². The Morgan fingerprint density at radius 3 is 2.57 bits per heavy atom. The van der Waals surface area contributed by atoms with Gasteiger partial charge in [-0.1, -0.05) is 0 Å². The molecule has 10 heteroatoms. The van der Waals surface area contributed by atoms with E-state index >= 15 is 0 Å². The summed E-state index contributed by atoms with van der Waals surface area (Å²) in [4.78, 5) is 13.5. The zero-order valence-corrected chi connectivity index (χ0v) is 16.4. The molecule has 1 aromatic carbocycles. The minimum Gasteiger partial charge on any atom is -0.341 e. The van der Waals surface area contributed by atoms with Crippen molar-refractivity contribution in [2.45, 2.75) is 43.7 Å². The fourth-order valence-electron chi connectivity index (χ4n) is 3.93. The van der Waals surface area contributed by atoms with E-state index in [1.165, 1.54) is 16.4 Å². The van der Waals surface area contributed by atoms with Gasteiger partial charge in [-0.25, -0.2) is 12.8 Å². The largest absolute Gasteiger partial charge is 0.341 e. The molecule has 0 N–H and O–H groups in total. The molecule has 0 unspecified atom stereocenters. The van der Waals surface area contributed by atoms with Crippen molar-refractivity contribution in [1.82, 2.24) is 24.0 Å². The Morgan fingerprint density at radius 2 is 1.86 bits per heavy atom. The molecule has 1 saturated heterocycles.